The Kier molecular flexibility index (Phi) is 3.81. The summed E-state index contributed by atoms with van der Waals surface area (Å²) in [5.41, 5.74) is 5.95. The standard InChI is InChI=1S/C29H18N4/c1-2-10-19(11-3-1)27-23-18-30-24-15-7-4-14-22(24)28(23)32-29(31-27)33-25-16-8-5-12-20(25)21-13-6-9-17-26(21)33/h1-18H. The minimum Gasteiger partial charge on any atom is -0.278 e. The van der Waals surface area contributed by atoms with E-state index in [1.165, 1.54) is 10.8 Å². The second-order valence-corrected chi connectivity index (χ2v) is 8.15. The molecular formula is C29H18N4. The fourth-order valence-corrected chi connectivity index (χ4v) is 4.76. The van der Waals surface area contributed by atoms with Crippen LogP contribution in [0.3, 0.4) is 0 Å². The third-order valence-corrected chi connectivity index (χ3v) is 6.25. The van der Waals surface area contributed by atoms with E-state index >= 15 is 0 Å². The Labute approximate surface area is 189 Å². The van der Waals surface area contributed by atoms with Gasteiger partial charge in [0.25, 0.3) is 0 Å². The number of pyridine rings is 1. The largest absolute Gasteiger partial charge is 0.278 e. The quantitative estimate of drug-likeness (QED) is 0.283. The second-order valence-electron chi connectivity index (χ2n) is 8.15. The van der Waals surface area contributed by atoms with E-state index in [0.717, 1.165) is 44.1 Å². The SMILES string of the molecule is c1ccc(-c2nc(-n3c4ccccc4c4ccccc43)nc3c2cnc2ccccc23)cc1. The van der Waals surface area contributed by atoms with E-state index in [0.29, 0.717) is 5.95 Å². The van der Waals surface area contributed by atoms with Crippen LogP contribution in [0.5, 0.6) is 0 Å². The molecule has 33 heavy (non-hydrogen) atoms. The summed E-state index contributed by atoms with van der Waals surface area (Å²) in [7, 11) is 0. The lowest BCUT2D eigenvalue weighted by Crippen LogP contribution is -2.04. The smallest absolute Gasteiger partial charge is 0.235 e. The Morgan fingerprint density at radius 3 is 1.85 bits per heavy atom. The molecule has 0 amide bonds. The maximum Gasteiger partial charge on any atom is 0.235 e. The predicted molar refractivity (Wildman–Crippen MR) is 135 cm³/mol. The number of benzene rings is 4. The topological polar surface area (TPSA) is 43.6 Å². The molecule has 0 bridgehead atoms. The number of para-hydroxylation sites is 3. The van der Waals surface area contributed by atoms with Crippen LogP contribution in [0.2, 0.25) is 0 Å². The second kappa shape index (κ2) is 6.97. The third-order valence-electron chi connectivity index (χ3n) is 6.25. The molecule has 4 aromatic carbocycles. The molecule has 0 saturated carbocycles. The normalized spacial score (nSPS) is 11.6. The first-order valence-electron chi connectivity index (χ1n) is 11.0. The molecule has 7 aromatic rings. The van der Waals surface area contributed by atoms with Crippen LogP contribution in [0, 0.1) is 0 Å². The zero-order valence-corrected chi connectivity index (χ0v) is 17.7. The van der Waals surface area contributed by atoms with Crippen molar-refractivity contribution in [3.63, 3.8) is 0 Å². The van der Waals surface area contributed by atoms with Crippen molar-refractivity contribution in [2.75, 3.05) is 0 Å². The molecule has 0 N–H and O–H groups in total. The summed E-state index contributed by atoms with van der Waals surface area (Å²) in [6, 6.07) is 35.3. The summed E-state index contributed by atoms with van der Waals surface area (Å²) in [5, 5.41) is 4.36. The zero-order chi connectivity index (χ0) is 21.8. The lowest BCUT2D eigenvalue weighted by atomic mass is 10.1. The van der Waals surface area contributed by atoms with Crippen LogP contribution in [0.4, 0.5) is 0 Å². The van der Waals surface area contributed by atoms with E-state index in [1.54, 1.807) is 0 Å². The van der Waals surface area contributed by atoms with Gasteiger partial charge in [-0.15, -0.1) is 0 Å². The molecule has 0 aliphatic heterocycles. The van der Waals surface area contributed by atoms with E-state index in [4.69, 9.17) is 15.0 Å². The maximum atomic E-state index is 5.14. The van der Waals surface area contributed by atoms with Crippen molar-refractivity contribution in [1.29, 1.82) is 0 Å². The molecule has 3 heterocycles. The number of hydrogen-bond acceptors (Lipinski definition) is 3. The lowest BCUT2D eigenvalue weighted by molar-refractivity contribution is 1.01. The summed E-state index contributed by atoms with van der Waals surface area (Å²) in [4.78, 5) is 15.0. The predicted octanol–water partition coefficient (Wildman–Crippen LogP) is 6.94. The Hall–Kier alpha value is -4.57. The van der Waals surface area contributed by atoms with Gasteiger partial charge in [0.1, 0.15) is 0 Å². The first-order valence-corrected chi connectivity index (χ1v) is 11.0. The highest BCUT2D eigenvalue weighted by atomic mass is 15.2. The third kappa shape index (κ3) is 2.68. The van der Waals surface area contributed by atoms with Crippen molar-refractivity contribution in [2.45, 2.75) is 0 Å². The summed E-state index contributed by atoms with van der Waals surface area (Å²) in [5.74, 6) is 0.662. The van der Waals surface area contributed by atoms with Gasteiger partial charge in [-0.05, 0) is 18.2 Å². The van der Waals surface area contributed by atoms with E-state index in [2.05, 4.69) is 71.3 Å². The monoisotopic (exact) mass is 422 g/mol. The van der Waals surface area contributed by atoms with Gasteiger partial charge in [-0.3, -0.25) is 9.55 Å². The highest BCUT2D eigenvalue weighted by Crippen LogP contribution is 2.34. The molecule has 3 aromatic heterocycles. The first kappa shape index (κ1) is 18.0. The van der Waals surface area contributed by atoms with E-state index in [-0.39, 0.29) is 0 Å². The van der Waals surface area contributed by atoms with Gasteiger partial charge in [0, 0.05) is 33.3 Å². The van der Waals surface area contributed by atoms with Crippen LogP contribution in [-0.4, -0.2) is 19.5 Å². The van der Waals surface area contributed by atoms with Crippen LogP contribution in [0.15, 0.2) is 109 Å². The van der Waals surface area contributed by atoms with Gasteiger partial charge in [-0.25, -0.2) is 9.97 Å². The summed E-state index contributed by atoms with van der Waals surface area (Å²) >= 11 is 0. The molecule has 4 nitrogen and oxygen atoms in total. The van der Waals surface area contributed by atoms with Crippen LogP contribution in [0.25, 0.3) is 60.8 Å². The molecule has 7 rings (SSSR count). The minimum atomic E-state index is 0.662. The number of nitrogens with zero attached hydrogens (tertiary/aromatic N) is 4. The van der Waals surface area contributed by atoms with Crippen LogP contribution in [-0.2, 0) is 0 Å². The molecule has 4 heteroatoms. The van der Waals surface area contributed by atoms with Crippen molar-refractivity contribution in [3.8, 4) is 17.2 Å². The zero-order valence-electron chi connectivity index (χ0n) is 17.7. The molecule has 0 aliphatic carbocycles. The average molecular weight is 422 g/mol. The van der Waals surface area contributed by atoms with Crippen molar-refractivity contribution in [2.24, 2.45) is 0 Å². The van der Waals surface area contributed by atoms with Gasteiger partial charge in [-0.1, -0.05) is 84.9 Å². The molecule has 0 radical (unpaired) electrons. The lowest BCUT2D eigenvalue weighted by Gasteiger charge is -2.12. The molecule has 0 saturated heterocycles. The minimum absolute atomic E-state index is 0.662. The molecule has 0 atom stereocenters. The van der Waals surface area contributed by atoms with Gasteiger partial charge >= 0.3 is 0 Å². The van der Waals surface area contributed by atoms with Crippen molar-refractivity contribution >= 4 is 43.6 Å². The van der Waals surface area contributed by atoms with E-state index in [9.17, 15) is 0 Å². The maximum absolute atomic E-state index is 5.14. The Bertz CT molecular complexity index is 1760. The highest BCUT2D eigenvalue weighted by molar-refractivity contribution is 6.10. The van der Waals surface area contributed by atoms with E-state index in [1.807, 2.05) is 42.6 Å². The molecule has 0 fully saturated rings. The first-order chi connectivity index (χ1) is 16.4. The highest BCUT2D eigenvalue weighted by Gasteiger charge is 2.18. The Balaban J connectivity index is 1.67. The fourth-order valence-electron chi connectivity index (χ4n) is 4.76. The number of hydrogen-bond donors (Lipinski definition) is 0. The van der Waals surface area contributed by atoms with Crippen molar-refractivity contribution in [1.82, 2.24) is 19.5 Å². The average Bonchev–Trinajstić information content (AvgIpc) is 3.23. The van der Waals surface area contributed by atoms with Gasteiger partial charge in [0.2, 0.25) is 5.95 Å². The van der Waals surface area contributed by atoms with Gasteiger partial charge in [-0.2, -0.15) is 0 Å². The molecule has 0 aliphatic rings. The summed E-state index contributed by atoms with van der Waals surface area (Å²) in [6.45, 7) is 0. The summed E-state index contributed by atoms with van der Waals surface area (Å²) in [6.07, 6.45) is 1.90. The Morgan fingerprint density at radius 2 is 1.12 bits per heavy atom. The Morgan fingerprint density at radius 1 is 0.515 bits per heavy atom. The van der Waals surface area contributed by atoms with Gasteiger partial charge in [0.15, 0.2) is 0 Å². The van der Waals surface area contributed by atoms with Crippen molar-refractivity contribution < 1.29 is 0 Å². The van der Waals surface area contributed by atoms with Crippen molar-refractivity contribution in [3.05, 3.63) is 109 Å². The fraction of sp³-hybridized carbons (Fsp3) is 0. The van der Waals surface area contributed by atoms with Crippen LogP contribution >= 0.6 is 0 Å². The number of fused-ring (bicyclic) bond motifs is 6. The molecule has 0 spiro atoms. The van der Waals surface area contributed by atoms with Crippen LogP contribution < -0.4 is 0 Å². The number of rotatable bonds is 2. The molecule has 0 unspecified atom stereocenters. The van der Waals surface area contributed by atoms with Crippen LogP contribution in [0.1, 0.15) is 0 Å². The summed E-state index contributed by atoms with van der Waals surface area (Å²) < 4.78 is 2.17. The number of aromatic nitrogens is 4. The van der Waals surface area contributed by atoms with Gasteiger partial charge in [0.05, 0.1) is 27.8 Å². The molecular weight excluding hydrogens is 404 g/mol. The molecule has 154 valence electrons. The van der Waals surface area contributed by atoms with Gasteiger partial charge < -0.3 is 0 Å². The van der Waals surface area contributed by atoms with E-state index < -0.39 is 0 Å².